The molecule has 0 saturated carbocycles. The van der Waals surface area contributed by atoms with Gasteiger partial charge in [0.05, 0.1) is 4.75 Å². The van der Waals surface area contributed by atoms with Crippen LogP contribution in [-0.2, 0) is 11.0 Å². The summed E-state index contributed by atoms with van der Waals surface area (Å²) in [6.07, 6.45) is 2.10. The molecule has 0 aliphatic rings. The second-order valence-electron chi connectivity index (χ2n) is 4.91. The summed E-state index contributed by atoms with van der Waals surface area (Å²) in [6, 6.07) is 0. The Hall–Kier alpha value is -0.180. The van der Waals surface area contributed by atoms with Crippen molar-refractivity contribution in [2.24, 2.45) is 10.3 Å². The molecular weight excluding hydrogens is 194 g/mol. The maximum Gasteiger partial charge on any atom is 0.144 e. The van der Waals surface area contributed by atoms with Gasteiger partial charge in [0.1, 0.15) is 11.0 Å². The highest BCUT2D eigenvalue weighted by molar-refractivity contribution is 7.85. The predicted octanol–water partition coefficient (Wildman–Crippen LogP) is 3.35. The second kappa shape index (κ2) is 5.64. The molecule has 0 aromatic rings. The summed E-state index contributed by atoms with van der Waals surface area (Å²) in [5.74, 6) is 0.635. The average molecular weight is 217 g/mol. The van der Waals surface area contributed by atoms with Gasteiger partial charge in [-0.1, -0.05) is 20.3 Å². The largest absolute Gasteiger partial charge is 0.234 e. The van der Waals surface area contributed by atoms with Crippen molar-refractivity contribution in [3.05, 3.63) is 0 Å². The molecular formula is C11H23NOS. The van der Waals surface area contributed by atoms with Gasteiger partial charge in [0.2, 0.25) is 0 Å². The van der Waals surface area contributed by atoms with Crippen molar-refractivity contribution in [1.82, 2.24) is 0 Å². The quantitative estimate of drug-likeness (QED) is 0.664. The summed E-state index contributed by atoms with van der Waals surface area (Å²) in [4.78, 5) is 0. The van der Waals surface area contributed by atoms with Gasteiger partial charge in [0, 0.05) is 5.71 Å². The lowest BCUT2D eigenvalue weighted by Crippen LogP contribution is -2.20. The zero-order valence-corrected chi connectivity index (χ0v) is 11.1. The van der Waals surface area contributed by atoms with Crippen LogP contribution in [0, 0.1) is 5.92 Å². The van der Waals surface area contributed by atoms with E-state index in [9.17, 15) is 4.21 Å². The summed E-state index contributed by atoms with van der Waals surface area (Å²) in [6.45, 7) is 12.2. The third-order valence-corrected chi connectivity index (χ3v) is 3.63. The van der Waals surface area contributed by atoms with Crippen molar-refractivity contribution in [3.8, 4) is 0 Å². The Bertz CT molecular complexity index is 228. The Labute approximate surface area is 90.8 Å². The molecule has 0 rings (SSSR count). The first kappa shape index (κ1) is 13.8. The van der Waals surface area contributed by atoms with Crippen molar-refractivity contribution in [2.75, 3.05) is 0 Å². The summed E-state index contributed by atoms with van der Waals surface area (Å²) in [7, 11) is -1.10. The Morgan fingerprint density at radius 1 is 1.43 bits per heavy atom. The Kier molecular flexibility index (Phi) is 5.57. The van der Waals surface area contributed by atoms with Crippen LogP contribution < -0.4 is 0 Å². The molecule has 0 spiro atoms. The summed E-state index contributed by atoms with van der Waals surface area (Å²) in [5.41, 5.74) is 1.01. The second-order valence-corrected chi connectivity index (χ2v) is 6.81. The van der Waals surface area contributed by atoms with Gasteiger partial charge in [-0.25, -0.2) is 4.21 Å². The number of rotatable bonds is 4. The van der Waals surface area contributed by atoms with Gasteiger partial charge >= 0.3 is 0 Å². The summed E-state index contributed by atoms with van der Waals surface area (Å²) < 4.78 is 15.7. The molecule has 0 saturated heterocycles. The highest BCUT2D eigenvalue weighted by atomic mass is 32.2. The molecule has 2 nitrogen and oxygen atoms in total. The van der Waals surface area contributed by atoms with Gasteiger partial charge in [-0.05, 0) is 40.0 Å². The maximum atomic E-state index is 11.7. The minimum absolute atomic E-state index is 0.239. The first-order valence-corrected chi connectivity index (χ1v) is 6.34. The van der Waals surface area contributed by atoms with Crippen LogP contribution in [0.2, 0.25) is 0 Å². The van der Waals surface area contributed by atoms with Crippen molar-refractivity contribution < 1.29 is 4.21 Å². The molecule has 0 aliphatic heterocycles. The van der Waals surface area contributed by atoms with E-state index in [4.69, 9.17) is 0 Å². The fourth-order valence-electron chi connectivity index (χ4n) is 0.964. The highest BCUT2D eigenvalue weighted by Crippen LogP contribution is 2.14. The van der Waals surface area contributed by atoms with Crippen LogP contribution in [0.25, 0.3) is 0 Å². The third-order valence-electron chi connectivity index (χ3n) is 2.10. The third kappa shape index (κ3) is 5.53. The van der Waals surface area contributed by atoms with Crippen LogP contribution >= 0.6 is 0 Å². The Balaban J connectivity index is 4.31. The molecule has 0 heterocycles. The molecule has 84 valence electrons. The van der Waals surface area contributed by atoms with Crippen LogP contribution in [0.1, 0.15) is 54.4 Å². The van der Waals surface area contributed by atoms with E-state index in [0.717, 1.165) is 18.6 Å². The molecule has 0 bridgehead atoms. The number of nitrogens with zero attached hydrogens (tertiary/aromatic N) is 1. The molecule has 0 aromatic carbocycles. The molecule has 0 aliphatic carbocycles. The van der Waals surface area contributed by atoms with E-state index >= 15 is 0 Å². The van der Waals surface area contributed by atoms with Crippen LogP contribution in [-0.4, -0.2) is 14.7 Å². The fraction of sp³-hybridized carbons (Fsp3) is 0.909. The van der Waals surface area contributed by atoms with Crippen LogP contribution in [0.4, 0.5) is 0 Å². The monoisotopic (exact) mass is 217 g/mol. The van der Waals surface area contributed by atoms with E-state index in [1.54, 1.807) is 0 Å². The average Bonchev–Trinajstić information content (AvgIpc) is 2.02. The fourth-order valence-corrected chi connectivity index (χ4v) is 1.60. The molecule has 2 atom stereocenters. The molecule has 0 radical (unpaired) electrons. The highest BCUT2D eigenvalue weighted by Gasteiger charge is 2.19. The van der Waals surface area contributed by atoms with Crippen molar-refractivity contribution >= 4 is 16.7 Å². The lowest BCUT2D eigenvalue weighted by Gasteiger charge is -2.15. The Morgan fingerprint density at radius 2 is 1.93 bits per heavy atom. The van der Waals surface area contributed by atoms with Crippen LogP contribution in [0.3, 0.4) is 0 Å². The smallest absolute Gasteiger partial charge is 0.144 e. The standard InChI is InChI=1S/C11H23NOS/c1-7-9(2)8-10(3)12-14(13)11(4,5)6/h9H,7-8H2,1-6H3/t9-,14-/m0/s1. The molecule has 3 heteroatoms. The molecule has 0 unspecified atom stereocenters. The molecule has 0 fully saturated rings. The van der Waals surface area contributed by atoms with E-state index in [1.807, 2.05) is 27.7 Å². The SMILES string of the molecule is CC[C@H](C)CC(C)=N[S@@](=O)C(C)(C)C. The van der Waals surface area contributed by atoms with Gasteiger partial charge in [0.25, 0.3) is 0 Å². The van der Waals surface area contributed by atoms with Crippen molar-refractivity contribution in [3.63, 3.8) is 0 Å². The van der Waals surface area contributed by atoms with Gasteiger partial charge in [-0.3, -0.25) is 0 Å². The van der Waals surface area contributed by atoms with Gasteiger partial charge in [0.15, 0.2) is 0 Å². The maximum absolute atomic E-state index is 11.7. The summed E-state index contributed by atoms with van der Waals surface area (Å²) in [5, 5.41) is 0. The number of hydrogen-bond acceptors (Lipinski definition) is 1. The lowest BCUT2D eigenvalue weighted by molar-refractivity contribution is 0.586. The molecule has 0 N–H and O–H groups in total. The van der Waals surface area contributed by atoms with Gasteiger partial charge in [-0.15, -0.1) is 0 Å². The molecule has 14 heavy (non-hydrogen) atoms. The topological polar surface area (TPSA) is 29.4 Å². The van der Waals surface area contributed by atoms with E-state index in [2.05, 4.69) is 18.2 Å². The Morgan fingerprint density at radius 3 is 2.29 bits per heavy atom. The molecule has 0 amide bonds. The van der Waals surface area contributed by atoms with E-state index in [1.165, 1.54) is 0 Å². The van der Waals surface area contributed by atoms with Gasteiger partial charge in [-0.2, -0.15) is 4.40 Å². The van der Waals surface area contributed by atoms with Crippen molar-refractivity contribution in [2.45, 2.75) is 59.1 Å². The first-order chi connectivity index (χ1) is 6.27. The lowest BCUT2D eigenvalue weighted by atomic mass is 10.0. The van der Waals surface area contributed by atoms with Crippen LogP contribution in [0.5, 0.6) is 0 Å². The normalized spacial score (nSPS) is 18.0. The minimum atomic E-state index is -1.10. The van der Waals surface area contributed by atoms with Gasteiger partial charge < -0.3 is 0 Å². The summed E-state index contributed by atoms with van der Waals surface area (Å²) >= 11 is 0. The minimum Gasteiger partial charge on any atom is -0.234 e. The van der Waals surface area contributed by atoms with E-state index in [-0.39, 0.29) is 4.75 Å². The van der Waals surface area contributed by atoms with E-state index in [0.29, 0.717) is 5.92 Å². The van der Waals surface area contributed by atoms with Crippen molar-refractivity contribution in [1.29, 1.82) is 0 Å². The zero-order chi connectivity index (χ0) is 11.4. The van der Waals surface area contributed by atoms with Crippen LogP contribution in [0.15, 0.2) is 4.40 Å². The molecule has 0 aromatic heterocycles. The predicted molar refractivity (Wildman–Crippen MR) is 65.1 cm³/mol. The zero-order valence-electron chi connectivity index (χ0n) is 10.3. The van der Waals surface area contributed by atoms with E-state index < -0.39 is 11.0 Å². The first-order valence-electron chi connectivity index (χ1n) is 5.23. The number of hydrogen-bond donors (Lipinski definition) is 0.